The van der Waals surface area contributed by atoms with Crippen molar-refractivity contribution in [3.8, 4) is 0 Å². The lowest BCUT2D eigenvalue weighted by molar-refractivity contribution is -0.140. The van der Waals surface area contributed by atoms with Crippen molar-refractivity contribution in [1.29, 1.82) is 0 Å². The molecule has 1 atom stereocenters. The molecule has 0 spiro atoms. The summed E-state index contributed by atoms with van der Waals surface area (Å²) in [5.74, 6) is 1.36. The van der Waals surface area contributed by atoms with Crippen molar-refractivity contribution in [2.24, 2.45) is 0 Å². The topological polar surface area (TPSA) is 81.4 Å². The Morgan fingerprint density at radius 3 is 2.89 bits per heavy atom. The highest BCUT2D eigenvalue weighted by Crippen LogP contribution is 2.16. The molecule has 0 saturated heterocycles. The van der Waals surface area contributed by atoms with Crippen LogP contribution in [0, 0.1) is 6.92 Å². The molecule has 7 heteroatoms. The number of anilines is 1. The Kier molecular flexibility index (Phi) is 6.41. The highest BCUT2D eigenvalue weighted by Gasteiger charge is 2.11. The average Bonchev–Trinajstić information content (AvgIpc) is 2.74. The van der Waals surface area contributed by atoms with Gasteiger partial charge in [0.25, 0.3) is 0 Å². The van der Waals surface area contributed by atoms with Crippen LogP contribution in [0.15, 0.2) is 10.6 Å². The lowest BCUT2D eigenvalue weighted by Crippen LogP contribution is -2.14. The van der Waals surface area contributed by atoms with E-state index in [2.05, 4.69) is 15.2 Å². The van der Waals surface area contributed by atoms with E-state index in [1.165, 1.54) is 7.11 Å². The number of thioether (sulfide) groups is 1. The summed E-state index contributed by atoms with van der Waals surface area (Å²) < 4.78 is 9.42. The van der Waals surface area contributed by atoms with Gasteiger partial charge in [-0.2, -0.15) is 11.8 Å². The smallest absolute Gasteiger partial charge is 0.306 e. The van der Waals surface area contributed by atoms with Crippen molar-refractivity contribution in [2.45, 2.75) is 31.9 Å². The first-order valence-corrected chi connectivity index (χ1v) is 6.97. The Balaban J connectivity index is 2.18. The zero-order valence-corrected chi connectivity index (χ0v) is 12.1. The van der Waals surface area contributed by atoms with E-state index in [9.17, 15) is 9.59 Å². The second-order valence-electron chi connectivity index (χ2n) is 4.08. The Hall–Kier alpha value is -1.50. The first kappa shape index (κ1) is 15.6. The lowest BCUT2D eigenvalue weighted by atomic mass is 10.3. The number of nitrogens with one attached hydrogen (secondary N) is 1. The van der Waals surface area contributed by atoms with Crippen LogP contribution >= 0.6 is 11.8 Å². The van der Waals surface area contributed by atoms with Crippen LogP contribution in [0.4, 0.5) is 5.82 Å². The van der Waals surface area contributed by atoms with Crippen LogP contribution in [0.25, 0.3) is 0 Å². The molecule has 19 heavy (non-hydrogen) atoms. The Morgan fingerprint density at radius 1 is 1.58 bits per heavy atom. The number of hydrogen-bond acceptors (Lipinski definition) is 6. The third-order valence-corrected chi connectivity index (χ3v) is 3.48. The fourth-order valence-electron chi connectivity index (χ4n) is 1.36. The van der Waals surface area contributed by atoms with Crippen LogP contribution in [0.3, 0.4) is 0 Å². The number of hydrogen-bond donors (Lipinski definition) is 1. The molecule has 1 rings (SSSR count). The first-order valence-electron chi connectivity index (χ1n) is 5.93. The maximum absolute atomic E-state index is 11.6. The molecule has 106 valence electrons. The van der Waals surface area contributed by atoms with Gasteiger partial charge in [0.15, 0.2) is 5.82 Å². The average molecular weight is 286 g/mol. The largest absolute Gasteiger partial charge is 0.469 e. The molecule has 0 aliphatic rings. The van der Waals surface area contributed by atoms with Crippen LogP contribution in [0.2, 0.25) is 0 Å². The number of methoxy groups -OCH3 is 1. The SMILES string of the molecule is COC(=O)CC(C)SCCC(=O)Nc1cc(C)on1. The van der Waals surface area contributed by atoms with Crippen molar-refractivity contribution in [1.82, 2.24) is 5.16 Å². The molecule has 0 aliphatic heterocycles. The zero-order chi connectivity index (χ0) is 14.3. The van der Waals surface area contributed by atoms with E-state index in [1.807, 2.05) is 6.92 Å². The predicted octanol–water partition coefficient (Wildman–Crippen LogP) is 2.00. The molecule has 0 aromatic carbocycles. The van der Waals surface area contributed by atoms with E-state index in [0.717, 1.165) is 0 Å². The number of amides is 1. The van der Waals surface area contributed by atoms with Gasteiger partial charge in [0.05, 0.1) is 13.5 Å². The standard InChI is InChI=1S/C12H18N2O4S/c1-8-6-10(14-18-8)13-11(15)4-5-19-9(2)7-12(16)17-3/h6,9H,4-5,7H2,1-3H3,(H,13,14,15). The van der Waals surface area contributed by atoms with Crippen molar-refractivity contribution < 1.29 is 18.8 Å². The van der Waals surface area contributed by atoms with Crippen molar-refractivity contribution >= 4 is 29.5 Å². The molecule has 1 amide bonds. The number of nitrogens with zero attached hydrogens (tertiary/aromatic N) is 1. The van der Waals surface area contributed by atoms with Gasteiger partial charge in [0.1, 0.15) is 5.76 Å². The molecule has 0 bridgehead atoms. The number of aryl methyl sites for hydroxylation is 1. The van der Waals surface area contributed by atoms with E-state index in [0.29, 0.717) is 30.2 Å². The van der Waals surface area contributed by atoms with Gasteiger partial charge in [-0.1, -0.05) is 12.1 Å². The van der Waals surface area contributed by atoms with E-state index < -0.39 is 0 Å². The predicted molar refractivity (Wildman–Crippen MR) is 73.0 cm³/mol. The van der Waals surface area contributed by atoms with E-state index >= 15 is 0 Å². The Bertz CT molecular complexity index is 433. The molecular weight excluding hydrogens is 268 g/mol. The number of ether oxygens (including phenoxy) is 1. The number of aromatic nitrogens is 1. The number of carbonyl (C=O) groups excluding carboxylic acids is 2. The molecule has 0 aliphatic carbocycles. The minimum absolute atomic E-state index is 0.119. The summed E-state index contributed by atoms with van der Waals surface area (Å²) in [6.07, 6.45) is 0.716. The third kappa shape index (κ3) is 6.28. The van der Waals surface area contributed by atoms with Crippen molar-refractivity contribution in [2.75, 3.05) is 18.2 Å². The zero-order valence-electron chi connectivity index (χ0n) is 11.3. The fraction of sp³-hybridized carbons (Fsp3) is 0.583. The van der Waals surface area contributed by atoms with Gasteiger partial charge in [0, 0.05) is 23.5 Å². The van der Waals surface area contributed by atoms with Gasteiger partial charge in [-0.25, -0.2) is 0 Å². The molecule has 0 radical (unpaired) electrons. The summed E-state index contributed by atoms with van der Waals surface area (Å²) in [7, 11) is 1.37. The monoisotopic (exact) mass is 286 g/mol. The molecule has 1 N–H and O–H groups in total. The van der Waals surface area contributed by atoms with E-state index in [4.69, 9.17) is 4.52 Å². The van der Waals surface area contributed by atoms with Gasteiger partial charge in [-0.3, -0.25) is 9.59 Å². The van der Waals surface area contributed by atoms with Gasteiger partial charge in [-0.05, 0) is 6.92 Å². The van der Waals surface area contributed by atoms with Crippen molar-refractivity contribution in [3.05, 3.63) is 11.8 Å². The molecular formula is C12H18N2O4S. The molecule has 0 saturated carbocycles. The molecule has 1 unspecified atom stereocenters. The molecule has 1 aromatic rings. The number of esters is 1. The summed E-state index contributed by atoms with van der Waals surface area (Å²) in [6, 6.07) is 1.66. The fourth-order valence-corrected chi connectivity index (χ4v) is 2.32. The summed E-state index contributed by atoms with van der Waals surface area (Å²) >= 11 is 1.56. The minimum Gasteiger partial charge on any atom is -0.469 e. The third-order valence-electron chi connectivity index (χ3n) is 2.31. The highest BCUT2D eigenvalue weighted by atomic mass is 32.2. The highest BCUT2D eigenvalue weighted by molar-refractivity contribution is 7.99. The van der Waals surface area contributed by atoms with Crippen molar-refractivity contribution in [3.63, 3.8) is 0 Å². The Labute approximate surface area is 116 Å². The second kappa shape index (κ2) is 7.83. The van der Waals surface area contributed by atoms with E-state index in [-0.39, 0.29) is 17.1 Å². The van der Waals surface area contributed by atoms with E-state index in [1.54, 1.807) is 24.8 Å². The van der Waals surface area contributed by atoms with Crippen LogP contribution in [0.5, 0.6) is 0 Å². The Morgan fingerprint density at radius 2 is 2.32 bits per heavy atom. The van der Waals surface area contributed by atoms with Crippen LogP contribution in [-0.2, 0) is 14.3 Å². The summed E-state index contributed by atoms with van der Waals surface area (Å²) in [4.78, 5) is 22.6. The first-order chi connectivity index (χ1) is 9.01. The molecule has 1 aromatic heterocycles. The normalized spacial score (nSPS) is 11.9. The van der Waals surface area contributed by atoms with Gasteiger partial charge in [0.2, 0.25) is 5.91 Å². The summed E-state index contributed by atoms with van der Waals surface area (Å²) in [6.45, 7) is 3.69. The summed E-state index contributed by atoms with van der Waals surface area (Å²) in [5, 5.41) is 6.45. The molecule has 1 heterocycles. The van der Waals surface area contributed by atoms with Crippen LogP contribution < -0.4 is 5.32 Å². The number of rotatable bonds is 7. The summed E-state index contributed by atoms with van der Waals surface area (Å²) in [5.41, 5.74) is 0. The quantitative estimate of drug-likeness (QED) is 0.772. The van der Waals surface area contributed by atoms with Gasteiger partial charge in [-0.15, -0.1) is 0 Å². The minimum atomic E-state index is -0.234. The second-order valence-corrected chi connectivity index (χ2v) is 5.63. The van der Waals surface area contributed by atoms with Crippen LogP contribution in [0.1, 0.15) is 25.5 Å². The maximum Gasteiger partial charge on any atom is 0.306 e. The molecule has 6 nitrogen and oxygen atoms in total. The number of carbonyl (C=O) groups is 2. The van der Waals surface area contributed by atoms with Gasteiger partial charge < -0.3 is 14.6 Å². The van der Waals surface area contributed by atoms with Crippen LogP contribution in [-0.4, -0.2) is 35.1 Å². The lowest BCUT2D eigenvalue weighted by Gasteiger charge is -2.09. The van der Waals surface area contributed by atoms with Gasteiger partial charge >= 0.3 is 5.97 Å². The molecule has 0 fully saturated rings. The maximum atomic E-state index is 11.6.